The lowest BCUT2D eigenvalue weighted by Crippen LogP contribution is -2.22. The minimum Gasteiger partial charge on any atom is -0.466 e. The molecule has 0 rings (SSSR count). The zero-order valence-electron chi connectivity index (χ0n) is 8.28. The molecule has 5 heteroatoms. The molecule has 0 aliphatic carbocycles. The summed E-state index contributed by atoms with van der Waals surface area (Å²) in [6, 6.07) is 0. The van der Waals surface area contributed by atoms with Crippen molar-refractivity contribution >= 4 is 17.6 Å². The molecular formula is C9H17ClO4. The first-order chi connectivity index (χ1) is 6.60. The Kier molecular flexibility index (Phi) is 7.84. The van der Waals surface area contributed by atoms with Gasteiger partial charge in [-0.15, -0.1) is 11.6 Å². The lowest BCUT2D eigenvalue weighted by Gasteiger charge is -2.13. The van der Waals surface area contributed by atoms with Gasteiger partial charge in [0.2, 0.25) is 0 Å². The molecular weight excluding hydrogens is 208 g/mol. The molecule has 84 valence electrons. The van der Waals surface area contributed by atoms with Gasteiger partial charge in [-0.05, 0) is 19.8 Å². The van der Waals surface area contributed by atoms with Crippen LogP contribution in [0.3, 0.4) is 0 Å². The van der Waals surface area contributed by atoms with Crippen molar-refractivity contribution < 1.29 is 19.7 Å². The van der Waals surface area contributed by atoms with Crippen LogP contribution in [-0.2, 0) is 9.53 Å². The van der Waals surface area contributed by atoms with E-state index in [1.165, 1.54) is 0 Å². The number of aliphatic hydroxyl groups excluding tert-OH is 2. The third-order valence-electron chi connectivity index (χ3n) is 1.69. The van der Waals surface area contributed by atoms with Crippen molar-refractivity contribution in [2.24, 2.45) is 0 Å². The molecule has 0 saturated heterocycles. The highest BCUT2D eigenvalue weighted by molar-refractivity contribution is 6.17. The van der Waals surface area contributed by atoms with Crippen LogP contribution in [0.15, 0.2) is 0 Å². The fourth-order valence-corrected chi connectivity index (χ4v) is 1.31. The number of carbonyl (C=O) groups excluding carboxylic acids is 1. The quantitative estimate of drug-likeness (QED) is 0.493. The molecule has 0 saturated carbocycles. The molecule has 0 heterocycles. The second kappa shape index (κ2) is 8.03. The van der Waals surface area contributed by atoms with E-state index in [0.717, 1.165) is 0 Å². The number of aliphatic hydroxyl groups is 2. The second-order valence-electron chi connectivity index (χ2n) is 3.03. The lowest BCUT2D eigenvalue weighted by atomic mass is 10.1. The molecule has 0 aromatic carbocycles. The molecule has 0 aliphatic rings. The van der Waals surface area contributed by atoms with E-state index in [9.17, 15) is 15.0 Å². The van der Waals surface area contributed by atoms with Crippen molar-refractivity contribution in [2.45, 2.75) is 38.4 Å². The molecule has 0 radical (unpaired) electrons. The Balaban J connectivity index is 3.63. The summed E-state index contributed by atoms with van der Waals surface area (Å²) in [7, 11) is 0. The van der Waals surface area contributed by atoms with Crippen molar-refractivity contribution in [1.82, 2.24) is 0 Å². The highest BCUT2D eigenvalue weighted by atomic mass is 35.5. The first kappa shape index (κ1) is 13.7. The van der Waals surface area contributed by atoms with Gasteiger partial charge < -0.3 is 14.9 Å². The van der Waals surface area contributed by atoms with Crippen LogP contribution >= 0.6 is 11.6 Å². The fraction of sp³-hybridized carbons (Fsp3) is 0.889. The number of rotatable bonds is 7. The number of hydrogen-bond acceptors (Lipinski definition) is 4. The molecule has 0 aliphatic heterocycles. The van der Waals surface area contributed by atoms with Crippen LogP contribution in [0.4, 0.5) is 0 Å². The Bertz CT molecular complexity index is 163. The van der Waals surface area contributed by atoms with Gasteiger partial charge in [-0.1, -0.05) is 0 Å². The average Bonchev–Trinajstić information content (AvgIpc) is 2.03. The number of hydrogen-bond donors (Lipinski definition) is 2. The fourth-order valence-electron chi connectivity index (χ4n) is 1.05. The van der Waals surface area contributed by atoms with Crippen LogP contribution < -0.4 is 0 Å². The molecule has 14 heavy (non-hydrogen) atoms. The van der Waals surface area contributed by atoms with Gasteiger partial charge in [0.25, 0.3) is 0 Å². The summed E-state index contributed by atoms with van der Waals surface area (Å²) in [5.41, 5.74) is 0. The second-order valence-corrected chi connectivity index (χ2v) is 3.41. The van der Waals surface area contributed by atoms with Gasteiger partial charge in [-0.3, -0.25) is 4.79 Å². The third kappa shape index (κ3) is 7.12. The standard InChI is InChI=1S/C9H17ClO4/c1-2-14-9(13)6-8(12)5-7(11)3-4-10/h7-8,11-12H,2-6H2,1H3/t7-,8-/m1/s1. The summed E-state index contributed by atoms with van der Waals surface area (Å²) in [6.45, 7) is 2.00. The number of esters is 1. The third-order valence-corrected chi connectivity index (χ3v) is 1.91. The van der Waals surface area contributed by atoms with Crippen molar-refractivity contribution in [3.8, 4) is 0 Å². The van der Waals surface area contributed by atoms with Crippen LogP contribution in [0.5, 0.6) is 0 Å². The van der Waals surface area contributed by atoms with Crippen LogP contribution in [0.25, 0.3) is 0 Å². The maximum Gasteiger partial charge on any atom is 0.308 e. The molecule has 4 nitrogen and oxygen atoms in total. The van der Waals surface area contributed by atoms with Crippen molar-refractivity contribution in [3.05, 3.63) is 0 Å². The molecule has 0 bridgehead atoms. The van der Waals surface area contributed by atoms with Gasteiger partial charge >= 0.3 is 5.97 Å². The largest absolute Gasteiger partial charge is 0.466 e. The van der Waals surface area contributed by atoms with Gasteiger partial charge in [-0.2, -0.15) is 0 Å². The first-order valence-electron chi connectivity index (χ1n) is 4.67. The Morgan fingerprint density at radius 3 is 2.57 bits per heavy atom. The zero-order valence-corrected chi connectivity index (χ0v) is 9.04. The summed E-state index contributed by atoms with van der Waals surface area (Å²) < 4.78 is 4.65. The normalized spacial score (nSPS) is 14.9. The SMILES string of the molecule is CCOC(=O)C[C@H](O)C[C@H](O)CCCl. The Labute approximate surface area is 88.8 Å². The summed E-state index contributed by atoms with van der Waals surface area (Å²) in [5.74, 6) is -0.106. The summed E-state index contributed by atoms with van der Waals surface area (Å²) in [4.78, 5) is 10.9. The van der Waals surface area contributed by atoms with E-state index in [1.54, 1.807) is 6.92 Å². The van der Waals surface area contributed by atoms with Crippen molar-refractivity contribution in [3.63, 3.8) is 0 Å². The van der Waals surface area contributed by atoms with Crippen LogP contribution in [0.2, 0.25) is 0 Å². The molecule has 0 aromatic rings. The Hall–Kier alpha value is -0.320. The van der Waals surface area contributed by atoms with Crippen LogP contribution in [-0.4, -0.2) is 40.9 Å². The molecule has 2 N–H and O–H groups in total. The van der Waals surface area contributed by atoms with Crippen LogP contribution in [0.1, 0.15) is 26.2 Å². The molecule has 2 atom stereocenters. The summed E-state index contributed by atoms with van der Waals surface area (Å²) in [5, 5.41) is 18.6. The average molecular weight is 225 g/mol. The van der Waals surface area contributed by atoms with Gasteiger partial charge in [0, 0.05) is 5.88 Å². The minimum absolute atomic E-state index is 0.0762. The van der Waals surface area contributed by atoms with Gasteiger partial charge in [0.15, 0.2) is 0 Å². The van der Waals surface area contributed by atoms with E-state index < -0.39 is 18.2 Å². The predicted octanol–water partition coefficient (Wildman–Crippen LogP) is 0.680. The molecule has 0 amide bonds. The predicted molar refractivity (Wildman–Crippen MR) is 53.2 cm³/mol. The summed E-state index contributed by atoms with van der Waals surface area (Å²) >= 11 is 5.40. The minimum atomic E-state index is -0.854. The van der Waals surface area contributed by atoms with Gasteiger partial charge in [0.05, 0.1) is 25.2 Å². The highest BCUT2D eigenvalue weighted by Crippen LogP contribution is 2.07. The zero-order chi connectivity index (χ0) is 11.0. The molecule has 0 aromatic heterocycles. The molecule has 0 fully saturated rings. The van der Waals surface area contributed by atoms with Crippen LogP contribution in [0, 0.1) is 0 Å². The maximum atomic E-state index is 10.9. The van der Waals surface area contributed by atoms with Gasteiger partial charge in [0.1, 0.15) is 0 Å². The number of alkyl halides is 1. The van der Waals surface area contributed by atoms with Gasteiger partial charge in [-0.25, -0.2) is 0 Å². The number of halogens is 1. The summed E-state index contributed by atoms with van der Waals surface area (Å²) in [6.07, 6.45) is -1.01. The Morgan fingerprint density at radius 2 is 2.07 bits per heavy atom. The van der Waals surface area contributed by atoms with E-state index in [-0.39, 0.29) is 12.8 Å². The Morgan fingerprint density at radius 1 is 1.43 bits per heavy atom. The molecule has 0 spiro atoms. The van der Waals surface area contributed by atoms with E-state index in [1.807, 2.05) is 0 Å². The monoisotopic (exact) mass is 224 g/mol. The topological polar surface area (TPSA) is 66.8 Å². The first-order valence-corrected chi connectivity index (χ1v) is 5.21. The van der Waals surface area contributed by atoms with Crippen molar-refractivity contribution in [2.75, 3.05) is 12.5 Å². The molecule has 0 unspecified atom stereocenters. The smallest absolute Gasteiger partial charge is 0.308 e. The lowest BCUT2D eigenvalue weighted by molar-refractivity contribution is -0.145. The highest BCUT2D eigenvalue weighted by Gasteiger charge is 2.15. The van der Waals surface area contributed by atoms with E-state index >= 15 is 0 Å². The maximum absolute atomic E-state index is 10.9. The van der Waals surface area contributed by atoms with E-state index in [2.05, 4.69) is 4.74 Å². The van der Waals surface area contributed by atoms with E-state index in [4.69, 9.17) is 11.6 Å². The number of ether oxygens (including phenoxy) is 1. The van der Waals surface area contributed by atoms with E-state index in [0.29, 0.717) is 18.9 Å². The van der Waals surface area contributed by atoms with Crippen molar-refractivity contribution in [1.29, 1.82) is 0 Å². The number of carbonyl (C=O) groups is 1.